The molecule has 0 aliphatic carbocycles. The van der Waals surface area contributed by atoms with Gasteiger partial charge in [0.15, 0.2) is 0 Å². The number of carbonyl (C=O) groups is 1. The van der Waals surface area contributed by atoms with E-state index < -0.39 is 0 Å². The Balaban J connectivity index is 1.65. The van der Waals surface area contributed by atoms with Crippen LogP contribution in [-0.2, 0) is 0 Å². The number of nitrogens with one attached hydrogen (secondary N) is 1. The first-order valence-corrected chi connectivity index (χ1v) is 7.34. The Morgan fingerprint density at radius 1 is 1.00 bits per heavy atom. The van der Waals surface area contributed by atoms with Crippen molar-refractivity contribution in [2.24, 2.45) is 5.10 Å². The summed E-state index contributed by atoms with van der Waals surface area (Å²) in [5.41, 5.74) is 3.92. The van der Waals surface area contributed by atoms with E-state index in [0.717, 1.165) is 5.56 Å². The molecule has 114 valence electrons. The third-order valence-electron chi connectivity index (χ3n) is 3.15. The summed E-state index contributed by atoms with van der Waals surface area (Å²) >= 11 is 5.86. The molecule has 0 unspecified atom stereocenters. The molecule has 1 heterocycles. The first-order valence-electron chi connectivity index (χ1n) is 6.96. The number of hydrogen-bond acceptors (Lipinski definition) is 3. The number of benzene rings is 2. The van der Waals surface area contributed by atoms with Crippen molar-refractivity contribution in [1.82, 2.24) is 5.43 Å². The van der Waals surface area contributed by atoms with Gasteiger partial charge in [-0.25, -0.2) is 5.43 Å². The molecule has 1 N–H and O–H groups in total. The van der Waals surface area contributed by atoms with Crippen LogP contribution in [0.5, 0.6) is 0 Å². The number of rotatable bonds is 4. The zero-order valence-electron chi connectivity index (χ0n) is 12.1. The monoisotopic (exact) mass is 324 g/mol. The lowest BCUT2D eigenvalue weighted by Crippen LogP contribution is -2.17. The normalized spacial score (nSPS) is 10.8. The summed E-state index contributed by atoms with van der Waals surface area (Å²) < 4.78 is 5.65. The van der Waals surface area contributed by atoms with Crippen molar-refractivity contribution in [1.29, 1.82) is 0 Å². The van der Waals surface area contributed by atoms with E-state index in [1.54, 1.807) is 42.5 Å². The van der Waals surface area contributed by atoms with Crippen molar-refractivity contribution in [2.75, 3.05) is 0 Å². The maximum absolute atomic E-state index is 11.8. The van der Waals surface area contributed by atoms with E-state index in [1.165, 1.54) is 6.21 Å². The third kappa shape index (κ3) is 3.87. The first-order chi connectivity index (χ1) is 11.2. The Morgan fingerprint density at radius 3 is 2.48 bits per heavy atom. The van der Waals surface area contributed by atoms with Gasteiger partial charge < -0.3 is 4.42 Å². The van der Waals surface area contributed by atoms with E-state index in [-0.39, 0.29) is 5.91 Å². The maximum Gasteiger partial charge on any atom is 0.271 e. The molecule has 0 aliphatic heterocycles. The van der Waals surface area contributed by atoms with E-state index in [2.05, 4.69) is 10.5 Å². The second-order valence-electron chi connectivity index (χ2n) is 4.77. The largest absolute Gasteiger partial charge is 0.455 e. The Labute approximate surface area is 138 Å². The number of nitrogens with zero attached hydrogens (tertiary/aromatic N) is 1. The van der Waals surface area contributed by atoms with Crippen LogP contribution in [-0.4, -0.2) is 12.1 Å². The molecule has 0 fully saturated rings. The van der Waals surface area contributed by atoms with Crippen LogP contribution in [0.15, 0.2) is 76.2 Å². The third-order valence-corrected chi connectivity index (χ3v) is 3.40. The van der Waals surface area contributed by atoms with Gasteiger partial charge >= 0.3 is 0 Å². The van der Waals surface area contributed by atoms with E-state index in [9.17, 15) is 4.79 Å². The van der Waals surface area contributed by atoms with Gasteiger partial charge in [-0.15, -0.1) is 0 Å². The van der Waals surface area contributed by atoms with Gasteiger partial charge in [-0.3, -0.25) is 4.79 Å². The SMILES string of the molecule is O=C(N/N=C/c1ccc(-c2ccc(Cl)cc2)o1)c1ccccc1. The lowest BCUT2D eigenvalue weighted by atomic mass is 10.2. The van der Waals surface area contributed by atoms with Crippen molar-refractivity contribution in [3.8, 4) is 11.3 Å². The summed E-state index contributed by atoms with van der Waals surface area (Å²) in [7, 11) is 0. The van der Waals surface area contributed by atoms with Gasteiger partial charge in [0.05, 0.1) is 6.21 Å². The Bertz CT molecular complexity index is 824. The molecule has 0 atom stereocenters. The molecular weight excluding hydrogens is 312 g/mol. The lowest BCUT2D eigenvalue weighted by molar-refractivity contribution is 0.0955. The van der Waals surface area contributed by atoms with Gasteiger partial charge in [-0.2, -0.15) is 5.10 Å². The summed E-state index contributed by atoms with van der Waals surface area (Å²) in [5.74, 6) is 0.979. The smallest absolute Gasteiger partial charge is 0.271 e. The summed E-state index contributed by atoms with van der Waals surface area (Å²) in [4.78, 5) is 11.8. The van der Waals surface area contributed by atoms with Crippen LogP contribution in [0.1, 0.15) is 16.1 Å². The fraction of sp³-hybridized carbons (Fsp3) is 0. The quantitative estimate of drug-likeness (QED) is 0.572. The van der Waals surface area contributed by atoms with E-state index >= 15 is 0 Å². The van der Waals surface area contributed by atoms with Crippen LogP contribution in [0.4, 0.5) is 0 Å². The highest BCUT2D eigenvalue weighted by atomic mass is 35.5. The summed E-state index contributed by atoms with van der Waals surface area (Å²) in [5, 5.41) is 4.57. The van der Waals surface area contributed by atoms with E-state index in [1.807, 2.05) is 24.3 Å². The molecule has 3 rings (SSSR count). The highest BCUT2D eigenvalue weighted by Gasteiger charge is 2.04. The molecule has 0 bridgehead atoms. The minimum absolute atomic E-state index is 0.272. The van der Waals surface area contributed by atoms with Crippen molar-refractivity contribution in [3.63, 3.8) is 0 Å². The van der Waals surface area contributed by atoms with E-state index in [0.29, 0.717) is 22.1 Å². The summed E-state index contributed by atoms with van der Waals surface area (Å²) in [6, 6.07) is 19.8. The highest BCUT2D eigenvalue weighted by molar-refractivity contribution is 6.30. The van der Waals surface area contributed by atoms with Crippen LogP contribution >= 0.6 is 11.6 Å². The topological polar surface area (TPSA) is 54.6 Å². The molecule has 23 heavy (non-hydrogen) atoms. The molecule has 3 aromatic rings. The molecule has 0 spiro atoms. The first kappa shape index (κ1) is 15.1. The number of hydrogen-bond donors (Lipinski definition) is 1. The molecule has 5 heteroatoms. The van der Waals surface area contributed by atoms with Crippen molar-refractivity contribution in [3.05, 3.63) is 83.1 Å². The Hall–Kier alpha value is -2.85. The number of amides is 1. The van der Waals surface area contributed by atoms with Crippen LogP contribution in [0, 0.1) is 0 Å². The van der Waals surface area contributed by atoms with Gasteiger partial charge in [0.1, 0.15) is 11.5 Å². The second-order valence-corrected chi connectivity index (χ2v) is 5.21. The predicted molar refractivity (Wildman–Crippen MR) is 90.7 cm³/mol. The fourth-order valence-corrected chi connectivity index (χ4v) is 2.13. The summed E-state index contributed by atoms with van der Waals surface area (Å²) in [6.45, 7) is 0. The predicted octanol–water partition coefficient (Wildman–Crippen LogP) is 4.36. The van der Waals surface area contributed by atoms with Gasteiger partial charge in [-0.1, -0.05) is 29.8 Å². The minimum Gasteiger partial charge on any atom is -0.455 e. The van der Waals surface area contributed by atoms with Crippen LogP contribution < -0.4 is 5.43 Å². The molecule has 1 aromatic heterocycles. The van der Waals surface area contributed by atoms with Crippen molar-refractivity contribution >= 4 is 23.7 Å². The molecule has 4 nitrogen and oxygen atoms in total. The Kier molecular flexibility index (Phi) is 4.54. The standard InChI is InChI=1S/C18H13ClN2O2/c19-15-8-6-13(7-9-15)17-11-10-16(23-17)12-20-21-18(22)14-4-2-1-3-5-14/h1-12H,(H,21,22)/b20-12+. The number of hydrazone groups is 1. The molecule has 2 aromatic carbocycles. The molecule has 0 aliphatic rings. The van der Waals surface area contributed by atoms with Crippen molar-refractivity contribution < 1.29 is 9.21 Å². The van der Waals surface area contributed by atoms with Crippen LogP contribution in [0.25, 0.3) is 11.3 Å². The minimum atomic E-state index is -0.272. The number of carbonyl (C=O) groups excluding carboxylic acids is 1. The van der Waals surface area contributed by atoms with Gasteiger partial charge in [0.25, 0.3) is 5.91 Å². The van der Waals surface area contributed by atoms with Gasteiger partial charge in [0.2, 0.25) is 0 Å². The number of halogens is 1. The zero-order chi connectivity index (χ0) is 16.1. The van der Waals surface area contributed by atoms with Crippen molar-refractivity contribution in [2.45, 2.75) is 0 Å². The molecular formula is C18H13ClN2O2. The number of furan rings is 1. The lowest BCUT2D eigenvalue weighted by Gasteiger charge is -1.98. The molecule has 0 saturated heterocycles. The van der Waals surface area contributed by atoms with Crippen LogP contribution in [0.3, 0.4) is 0 Å². The second kappa shape index (κ2) is 6.94. The summed E-state index contributed by atoms with van der Waals surface area (Å²) in [6.07, 6.45) is 1.46. The Morgan fingerprint density at radius 2 is 1.74 bits per heavy atom. The average Bonchev–Trinajstić information content (AvgIpc) is 3.05. The van der Waals surface area contributed by atoms with Gasteiger partial charge in [-0.05, 0) is 48.5 Å². The van der Waals surface area contributed by atoms with Gasteiger partial charge in [0, 0.05) is 16.1 Å². The van der Waals surface area contributed by atoms with E-state index in [4.69, 9.17) is 16.0 Å². The molecule has 0 saturated carbocycles. The average molecular weight is 325 g/mol. The zero-order valence-corrected chi connectivity index (χ0v) is 12.8. The maximum atomic E-state index is 11.8. The fourth-order valence-electron chi connectivity index (χ4n) is 2.00. The highest BCUT2D eigenvalue weighted by Crippen LogP contribution is 2.23. The molecule has 0 radical (unpaired) electrons. The van der Waals surface area contributed by atoms with Crippen LogP contribution in [0.2, 0.25) is 5.02 Å². The molecule has 1 amide bonds.